The molecule has 0 aromatic carbocycles. The van der Waals surface area contributed by atoms with Gasteiger partial charge in [0.1, 0.15) is 4.21 Å². The highest BCUT2D eigenvalue weighted by Crippen LogP contribution is 2.18. The molecule has 2 heterocycles. The first-order valence-corrected chi connectivity index (χ1v) is 10.9. The summed E-state index contributed by atoms with van der Waals surface area (Å²) >= 11 is 1.15. The minimum Gasteiger partial charge on any atom is -0.390 e. The smallest absolute Gasteiger partial charge is 0.191 e. The van der Waals surface area contributed by atoms with Crippen LogP contribution in [0.1, 0.15) is 12.6 Å². The van der Waals surface area contributed by atoms with Crippen LogP contribution in [-0.4, -0.2) is 56.0 Å². The Labute approximate surface area is 158 Å². The van der Waals surface area contributed by atoms with Crippen molar-refractivity contribution in [3.63, 3.8) is 0 Å². The zero-order valence-corrected chi connectivity index (χ0v) is 16.3. The molecule has 0 bridgehead atoms. The van der Waals surface area contributed by atoms with E-state index in [1.807, 2.05) is 25.1 Å². The Balaban J connectivity index is 1.85. The Morgan fingerprint density at radius 2 is 2.15 bits per heavy atom. The van der Waals surface area contributed by atoms with E-state index in [1.54, 1.807) is 23.7 Å². The number of hydrogen-bond acceptors (Lipinski definition) is 6. The van der Waals surface area contributed by atoms with Crippen molar-refractivity contribution in [1.29, 1.82) is 0 Å². The van der Waals surface area contributed by atoms with Crippen LogP contribution in [0.25, 0.3) is 0 Å². The molecule has 0 aliphatic carbocycles. The molecular weight excluding hydrogens is 372 g/mol. The maximum atomic E-state index is 12.2. The van der Waals surface area contributed by atoms with Gasteiger partial charge in [-0.15, -0.1) is 11.3 Å². The molecule has 9 heteroatoms. The first kappa shape index (κ1) is 20.3. The molecule has 7 nitrogen and oxygen atoms in total. The van der Waals surface area contributed by atoms with E-state index >= 15 is 0 Å². The molecule has 2 aromatic heterocycles. The van der Waals surface area contributed by atoms with Crippen LogP contribution in [0.3, 0.4) is 0 Å². The van der Waals surface area contributed by atoms with Gasteiger partial charge in [0, 0.05) is 31.4 Å². The second kappa shape index (κ2) is 10.2. The van der Waals surface area contributed by atoms with Crippen LogP contribution in [0.5, 0.6) is 0 Å². The summed E-state index contributed by atoms with van der Waals surface area (Å²) in [6, 6.07) is 8.97. The number of hydrogen-bond donors (Lipinski definition) is 3. The lowest BCUT2D eigenvalue weighted by Gasteiger charge is -2.13. The van der Waals surface area contributed by atoms with Crippen molar-refractivity contribution in [3.05, 3.63) is 47.6 Å². The lowest BCUT2D eigenvalue weighted by molar-refractivity contribution is 0.206. The summed E-state index contributed by atoms with van der Waals surface area (Å²) in [5.41, 5.74) is 0.970. The van der Waals surface area contributed by atoms with Crippen molar-refractivity contribution in [2.45, 2.75) is 23.7 Å². The molecule has 2 rings (SSSR count). The number of aliphatic hydroxyl groups excluding tert-OH is 1. The fourth-order valence-corrected chi connectivity index (χ4v) is 4.69. The van der Waals surface area contributed by atoms with E-state index in [0.717, 1.165) is 23.5 Å². The first-order chi connectivity index (χ1) is 12.5. The molecule has 142 valence electrons. The maximum Gasteiger partial charge on any atom is 0.191 e. The SMILES string of the molecule is CCNC(=NCC(O)CS(=O)(=O)c1cccs1)NCCc1ccccn1. The quantitative estimate of drug-likeness (QED) is 0.433. The minimum absolute atomic E-state index is 0.00350. The fraction of sp³-hybridized carbons (Fsp3) is 0.412. The van der Waals surface area contributed by atoms with Gasteiger partial charge in [0.2, 0.25) is 0 Å². The molecule has 1 atom stereocenters. The Kier molecular flexibility index (Phi) is 8.02. The number of nitrogens with one attached hydrogen (secondary N) is 2. The van der Waals surface area contributed by atoms with E-state index < -0.39 is 15.9 Å². The molecule has 0 aliphatic heterocycles. The molecule has 0 saturated heterocycles. The number of rotatable bonds is 9. The van der Waals surface area contributed by atoms with Gasteiger partial charge in [-0.2, -0.15) is 0 Å². The molecule has 0 saturated carbocycles. The molecule has 0 aliphatic rings. The molecule has 0 amide bonds. The number of aromatic nitrogens is 1. The Bertz CT molecular complexity index is 778. The number of thiophene rings is 1. The third-order valence-corrected chi connectivity index (χ3v) is 6.70. The van der Waals surface area contributed by atoms with Gasteiger partial charge in [0.15, 0.2) is 15.8 Å². The van der Waals surface area contributed by atoms with Crippen LogP contribution in [0, 0.1) is 0 Å². The largest absolute Gasteiger partial charge is 0.390 e. The average Bonchev–Trinajstić information content (AvgIpc) is 3.16. The minimum atomic E-state index is -3.48. The molecule has 0 fully saturated rings. The summed E-state index contributed by atoms with van der Waals surface area (Å²) in [6.07, 6.45) is 1.42. The van der Waals surface area contributed by atoms with E-state index in [4.69, 9.17) is 0 Å². The van der Waals surface area contributed by atoms with Crippen LogP contribution in [-0.2, 0) is 16.3 Å². The normalized spacial score (nSPS) is 13.4. The molecule has 0 spiro atoms. The number of aliphatic imine (C=N–C) groups is 1. The fourth-order valence-electron chi connectivity index (χ4n) is 2.22. The topological polar surface area (TPSA) is 104 Å². The summed E-state index contributed by atoms with van der Waals surface area (Å²) in [5, 5.41) is 18.0. The highest BCUT2D eigenvalue weighted by atomic mass is 32.2. The second-order valence-corrected chi connectivity index (χ2v) is 8.79. The van der Waals surface area contributed by atoms with Crippen molar-refractivity contribution >= 4 is 27.1 Å². The molecule has 2 aromatic rings. The number of guanidine groups is 1. The lowest BCUT2D eigenvalue weighted by atomic mass is 10.3. The zero-order valence-electron chi connectivity index (χ0n) is 14.6. The highest BCUT2D eigenvalue weighted by molar-refractivity contribution is 7.93. The van der Waals surface area contributed by atoms with E-state index in [9.17, 15) is 13.5 Å². The van der Waals surface area contributed by atoms with Gasteiger partial charge in [0.05, 0.1) is 18.4 Å². The van der Waals surface area contributed by atoms with E-state index in [2.05, 4.69) is 20.6 Å². The van der Waals surface area contributed by atoms with Gasteiger partial charge in [-0.1, -0.05) is 12.1 Å². The van der Waals surface area contributed by atoms with Gasteiger partial charge in [-0.05, 0) is 30.5 Å². The number of pyridine rings is 1. The molecule has 3 N–H and O–H groups in total. The van der Waals surface area contributed by atoms with Gasteiger partial charge in [0.25, 0.3) is 0 Å². The Morgan fingerprint density at radius 3 is 2.81 bits per heavy atom. The Hall–Kier alpha value is -1.97. The zero-order chi connectivity index (χ0) is 18.8. The Morgan fingerprint density at radius 1 is 1.31 bits per heavy atom. The monoisotopic (exact) mass is 396 g/mol. The van der Waals surface area contributed by atoms with Crippen LogP contribution in [0.4, 0.5) is 0 Å². The van der Waals surface area contributed by atoms with E-state index in [0.29, 0.717) is 19.0 Å². The second-order valence-electron chi connectivity index (χ2n) is 5.58. The van der Waals surface area contributed by atoms with Crippen LogP contribution >= 0.6 is 11.3 Å². The van der Waals surface area contributed by atoms with Gasteiger partial charge in [-0.3, -0.25) is 9.98 Å². The van der Waals surface area contributed by atoms with Crippen LogP contribution in [0.15, 0.2) is 51.1 Å². The van der Waals surface area contributed by atoms with Gasteiger partial charge < -0.3 is 15.7 Å². The standard InChI is InChI=1S/C17H24N4O3S2/c1-2-18-17(20-10-8-14-6-3-4-9-19-14)21-12-15(22)13-26(23,24)16-7-5-11-25-16/h3-7,9,11,15,22H,2,8,10,12-13H2,1H3,(H2,18,20,21). The summed E-state index contributed by atoms with van der Waals surface area (Å²) in [5.74, 6) is 0.195. The first-order valence-electron chi connectivity index (χ1n) is 8.37. The number of sulfone groups is 1. The van der Waals surface area contributed by atoms with Crippen molar-refractivity contribution in [2.24, 2.45) is 4.99 Å². The van der Waals surface area contributed by atoms with E-state index in [1.165, 1.54) is 0 Å². The van der Waals surface area contributed by atoms with E-state index in [-0.39, 0.29) is 16.5 Å². The lowest BCUT2D eigenvalue weighted by Crippen LogP contribution is -2.39. The predicted octanol–water partition coefficient (Wildman–Crippen LogP) is 1.08. The molecular formula is C17H24N4O3S2. The van der Waals surface area contributed by atoms with Crippen molar-refractivity contribution in [2.75, 3.05) is 25.4 Å². The summed E-state index contributed by atoms with van der Waals surface area (Å²) in [7, 11) is -3.48. The highest BCUT2D eigenvalue weighted by Gasteiger charge is 2.20. The number of aliphatic hydroxyl groups is 1. The predicted molar refractivity (Wildman–Crippen MR) is 104 cm³/mol. The summed E-state index contributed by atoms with van der Waals surface area (Å²) in [4.78, 5) is 8.53. The molecule has 0 radical (unpaired) electrons. The van der Waals surface area contributed by atoms with Gasteiger partial charge in [-0.25, -0.2) is 8.42 Å². The van der Waals surface area contributed by atoms with Crippen molar-refractivity contribution in [3.8, 4) is 0 Å². The maximum absolute atomic E-state index is 12.2. The molecule has 1 unspecified atom stereocenters. The van der Waals surface area contributed by atoms with Crippen molar-refractivity contribution in [1.82, 2.24) is 15.6 Å². The third kappa shape index (κ3) is 6.74. The van der Waals surface area contributed by atoms with Gasteiger partial charge >= 0.3 is 0 Å². The number of nitrogens with zero attached hydrogens (tertiary/aromatic N) is 2. The van der Waals surface area contributed by atoms with Crippen molar-refractivity contribution < 1.29 is 13.5 Å². The van der Waals surface area contributed by atoms with Crippen LogP contribution in [0.2, 0.25) is 0 Å². The average molecular weight is 397 g/mol. The molecule has 26 heavy (non-hydrogen) atoms. The summed E-state index contributed by atoms with van der Waals surface area (Å²) in [6.45, 7) is 3.24. The third-order valence-electron chi connectivity index (χ3n) is 3.42. The summed E-state index contributed by atoms with van der Waals surface area (Å²) < 4.78 is 24.6. The van der Waals surface area contributed by atoms with Crippen LogP contribution < -0.4 is 10.6 Å².